The highest BCUT2D eigenvalue weighted by Crippen LogP contribution is 2.27. The van der Waals surface area contributed by atoms with Gasteiger partial charge in [0, 0.05) is 23.7 Å². The molecule has 0 unspecified atom stereocenters. The van der Waals surface area contributed by atoms with Gasteiger partial charge in [-0.25, -0.2) is 13.1 Å². The fraction of sp³-hybridized carbons (Fsp3) is 0.455. The minimum atomic E-state index is -3.58. The van der Waals surface area contributed by atoms with Crippen LogP contribution in [-0.2, 0) is 10.0 Å². The Labute approximate surface area is 112 Å². The second-order valence-corrected chi connectivity index (χ2v) is 6.23. The summed E-state index contributed by atoms with van der Waals surface area (Å²) in [7, 11) is -2.16. The van der Waals surface area contributed by atoms with Crippen LogP contribution in [0.5, 0.6) is 5.75 Å². The summed E-state index contributed by atoms with van der Waals surface area (Å²) in [5.41, 5.74) is 0. The minimum Gasteiger partial charge on any atom is -0.495 e. The molecule has 0 aliphatic carbocycles. The molecule has 1 aliphatic rings. The Morgan fingerprint density at radius 3 is 2.89 bits per heavy atom. The van der Waals surface area contributed by atoms with E-state index in [1.807, 2.05) is 0 Å². The Morgan fingerprint density at radius 2 is 2.28 bits per heavy atom. The van der Waals surface area contributed by atoms with Gasteiger partial charge in [-0.3, -0.25) is 0 Å². The molecule has 1 aliphatic heterocycles. The topological polar surface area (TPSA) is 67.4 Å². The molecular weight excluding hydrogens is 276 g/mol. The number of benzene rings is 1. The first-order valence-electron chi connectivity index (χ1n) is 5.59. The van der Waals surface area contributed by atoms with Crippen LogP contribution in [0, 0.1) is 0 Å². The summed E-state index contributed by atoms with van der Waals surface area (Å²) in [6, 6.07) is 4.40. The number of methoxy groups -OCH3 is 1. The third-order valence-electron chi connectivity index (χ3n) is 2.80. The largest absolute Gasteiger partial charge is 0.495 e. The van der Waals surface area contributed by atoms with Crippen molar-refractivity contribution in [2.24, 2.45) is 0 Å². The lowest BCUT2D eigenvalue weighted by Gasteiger charge is -2.14. The fourth-order valence-electron chi connectivity index (χ4n) is 1.90. The molecule has 0 amide bonds. The van der Waals surface area contributed by atoms with Gasteiger partial charge in [0.1, 0.15) is 10.6 Å². The first kappa shape index (κ1) is 13.6. The zero-order valence-corrected chi connectivity index (χ0v) is 11.5. The number of hydrogen-bond donors (Lipinski definition) is 2. The fourth-order valence-corrected chi connectivity index (χ4v) is 3.48. The van der Waals surface area contributed by atoms with E-state index in [1.54, 1.807) is 0 Å². The Bertz CT molecular complexity index is 527. The Morgan fingerprint density at radius 1 is 1.50 bits per heavy atom. The van der Waals surface area contributed by atoms with Crippen LogP contribution in [-0.4, -0.2) is 34.7 Å². The van der Waals surface area contributed by atoms with E-state index in [9.17, 15) is 8.42 Å². The van der Waals surface area contributed by atoms with Crippen LogP contribution >= 0.6 is 11.6 Å². The van der Waals surface area contributed by atoms with Gasteiger partial charge >= 0.3 is 0 Å². The summed E-state index contributed by atoms with van der Waals surface area (Å²) in [5, 5.41) is 3.54. The molecule has 1 aromatic rings. The summed E-state index contributed by atoms with van der Waals surface area (Å²) in [6.07, 6.45) is 0.787. The van der Waals surface area contributed by atoms with Crippen molar-refractivity contribution in [1.82, 2.24) is 10.0 Å². The van der Waals surface area contributed by atoms with Crippen molar-refractivity contribution >= 4 is 21.6 Å². The molecular formula is C11H15ClN2O3S. The SMILES string of the molecule is COc1cc(Cl)ccc1S(=O)(=O)N[C@@H]1CCNC1. The Hall–Kier alpha value is -0.820. The molecule has 100 valence electrons. The van der Waals surface area contributed by atoms with E-state index >= 15 is 0 Å². The van der Waals surface area contributed by atoms with Crippen molar-refractivity contribution in [2.45, 2.75) is 17.4 Å². The van der Waals surface area contributed by atoms with Gasteiger partial charge < -0.3 is 10.1 Å². The van der Waals surface area contributed by atoms with E-state index < -0.39 is 10.0 Å². The summed E-state index contributed by atoms with van der Waals surface area (Å²) < 4.78 is 32.1. The first-order valence-corrected chi connectivity index (χ1v) is 7.45. The van der Waals surface area contributed by atoms with Gasteiger partial charge in [-0.15, -0.1) is 0 Å². The second-order valence-electron chi connectivity index (χ2n) is 4.11. The number of nitrogens with one attached hydrogen (secondary N) is 2. The number of rotatable bonds is 4. The van der Waals surface area contributed by atoms with Gasteiger partial charge in [-0.2, -0.15) is 0 Å². The molecule has 1 heterocycles. The number of ether oxygens (including phenoxy) is 1. The molecule has 18 heavy (non-hydrogen) atoms. The van der Waals surface area contributed by atoms with Gasteiger partial charge in [0.25, 0.3) is 0 Å². The number of halogens is 1. The first-order chi connectivity index (χ1) is 8.53. The molecule has 1 aromatic carbocycles. The molecule has 0 saturated carbocycles. The van der Waals surface area contributed by atoms with E-state index in [0.29, 0.717) is 11.6 Å². The predicted molar refractivity (Wildman–Crippen MR) is 69.6 cm³/mol. The molecule has 1 atom stereocenters. The van der Waals surface area contributed by atoms with E-state index in [-0.39, 0.29) is 16.7 Å². The minimum absolute atomic E-state index is 0.0737. The van der Waals surface area contributed by atoms with E-state index in [1.165, 1.54) is 25.3 Å². The summed E-state index contributed by atoms with van der Waals surface area (Å²) in [6.45, 7) is 1.47. The highest BCUT2D eigenvalue weighted by molar-refractivity contribution is 7.89. The zero-order chi connectivity index (χ0) is 13.2. The van der Waals surface area contributed by atoms with E-state index in [0.717, 1.165) is 13.0 Å². The summed E-state index contributed by atoms with van der Waals surface area (Å²) >= 11 is 5.81. The van der Waals surface area contributed by atoms with Gasteiger partial charge in [0.2, 0.25) is 10.0 Å². The maximum Gasteiger partial charge on any atom is 0.244 e. The maximum absolute atomic E-state index is 12.2. The average molecular weight is 291 g/mol. The maximum atomic E-state index is 12.2. The molecule has 2 rings (SSSR count). The third-order valence-corrected chi connectivity index (χ3v) is 4.59. The lowest BCUT2D eigenvalue weighted by atomic mass is 10.3. The van der Waals surface area contributed by atoms with Crippen LogP contribution in [0.2, 0.25) is 5.02 Å². The smallest absolute Gasteiger partial charge is 0.244 e. The van der Waals surface area contributed by atoms with Crippen LogP contribution in [0.1, 0.15) is 6.42 Å². The van der Waals surface area contributed by atoms with Crippen molar-refractivity contribution in [2.75, 3.05) is 20.2 Å². The van der Waals surface area contributed by atoms with E-state index in [2.05, 4.69) is 10.0 Å². The van der Waals surface area contributed by atoms with Crippen LogP contribution in [0.25, 0.3) is 0 Å². The monoisotopic (exact) mass is 290 g/mol. The molecule has 1 fully saturated rings. The molecule has 7 heteroatoms. The number of sulfonamides is 1. The predicted octanol–water partition coefficient (Wildman–Crippen LogP) is 0.989. The van der Waals surface area contributed by atoms with Crippen molar-refractivity contribution in [3.63, 3.8) is 0 Å². The number of hydrogen-bond acceptors (Lipinski definition) is 4. The van der Waals surface area contributed by atoms with Crippen molar-refractivity contribution < 1.29 is 13.2 Å². The quantitative estimate of drug-likeness (QED) is 0.868. The van der Waals surface area contributed by atoms with Gasteiger partial charge in [-0.05, 0) is 25.1 Å². The second kappa shape index (κ2) is 5.44. The highest BCUT2D eigenvalue weighted by Gasteiger charge is 2.25. The van der Waals surface area contributed by atoms with Gasteiger partial charge in [-0.1, -0.05) is 11.6 Å². The molecule has 2 N–H and O–H groups in total. The molecule has 0 spiro atoms. The van der Waals surface area contributed by atoms with Gasteiger partial charge in [0.15, 0.2) is 0 Å². The molecule has 0 radical (unpaired) electrons. The van der Waals surface area contributed by atoms with Crippen LogP contribution < -0.4 is 14.8 Å². The summed E-state index contributed by atoms with van der Waals surface area (Å²) in [4.78, 5) is 0.112. The standard InChI is InChI=1S/C11H15ClN2O3S/c1-17-10-6-8(12)2-3-11(10)18(15,16)14-9-4-5-13-7-9/h2-3,6,9,13-14H,4-5,7H2,1H3/t9-/m1/s1. The Kier molecular flexibility index (Phi) is 4.11. The summed E-state index contributed by atoms with van der Waals surface area (Å²) in [5.74, 6) is 0.251. The molecule has 5 nitrogen and oxygen atoms in total. The lowest BCUT2D eigenvalue weighted by molar-refractivity contribution is 0.402. The van der Waals surface area contributed by atoms with Gasteiger partial charge in [0.05, 0.1) is 7.11 Å². The van der Waals surface area contributed by atoms with Crippen molar-refractivity contribution in [3.8, 4) is 5.75 Å². The zero-order valence-electron chi connectivity index (χ0n) is 9.94. The average Bonchev–Trinajstić information content (AvgIpc) is 2.80. The van der Waals surface area contributed by atoms with Crippen LogP contribution in [0.15, 0.2) is 23.1 Å². The lowest BCUT2D eigenvalue weighted by Crippen LogP contribution is -2.36. The third kappa shape index (κ3) is 2.95. The normalized spacial score (nSPS) is 20.0. The van der Waals surface area contributed by atoms with Crippen molar-refractivity contribution in [1.29, 1.82) is 0 Å². The molecule has 0 bridgehead atoms. The molecule has 0 aromatic heterocycles. The Balaban J connectivity index is 2.28. The molecule has 1 saturated heterocycles. The highest BCUT2D eigenvalue weighted by atomic mass is 35.5. The van der Waals surface area contributed by atoms with Crippen molar-refractivity contribution in [3.05, 3.63) is 23.2 Å². The van der Waals surface area contributed by atoms with E-state index in [4.69, 9.17) is 16.3 Å². The van der Waals surface area contributed by atoms with Crippen LogP contribution in [0.4, 0.5) is 0 Å². The van der Waals surface area contributed by atoms with Crippen LogP contribution in [0.3, 0.4) is 0 Å².